The predicted octanol–water partition coefficient (Wildman–Crippen LogP) is 0.705. The van der Waals surface area contributed by atoms with Gasteiger partial charge in [0.2, 0.25) is 0 Å². The van der Waals surface area contributed by atoms with Crippen LogP contribution in [0.2, 0.25) is 0 Å². The molecule has 0 unspecified atom stereocenters. The SMILES string of the molecule is O=C(O)C1=CS(O)(O)C=N1. The maximum absolute atomic E-state index is 10.1. The molecule has 0 bridgehead atoms. The van der Waals surface area contributed by atoms with E-state index in [1.165, 1.54) is 0 Å². The summed E-state index contributed by atoms with van der Waals surface area (Å²) in [6.07, 6.45) is 0. The number of aliphatic imine (C=N–C) groups is 1. The first-order valence-corrected chi connectivity index (χ1v) is 3.96. The maximum Gasteiger partial charge on any atom is 0.355 e. The van der Waals surface area contributed by atoms with Gasteiger partial charge in [-0.2, -0.15) is 0 Å². The van der Waals surface area contributed by atoms with Crippen molar-refractivity contribution in [1.29, 1.82) is 0 Å². The molecule has 0 saturated heterocycles. The molecule has 0 aromatic rings. The van der Waals surface area contributed by atoms with E-state index in [0.29, 0.717) is 0 Å². The maximum atomic E-state index is 10.1. The number of carboxylic acids is 1. The molecule has 56 valence electrons. The topological polar surface area (TPSA) is 90.1 Å². The first-order valence-electron chi connectivity index (χ1n) is 2.28. The summed E-state index contributed by atoms with van der Waals surface area (Å²) in [4.78, 5) is 13.4. The van der Waals surface area contributed by atoms with Crippen LogP contribution in [-0.2, 0) is 4.79 Å². The van der Waals surface area contributed by atoms with E-state index >= 15 is 0 Å². The Morgan fingerprint density at radius 3 is 2.40 bits per heavy atom. The van der Waals surface area contributed by atoms with Crippen molar-refractivity contribution in [3.63, 3.8) is 0 Å². The summed E-state index contributed by atoms with van der Waals surface area (Å²) >= 11 is 0. The average molecular weight is 163 g/mol. The number of rotatable bonds is 1. The van der Waals surface area contributed by atoms with E-state index in [4.69, 9.17) is 14.2 Å². The van der Waals surface area contributed by atoms with Crippen LogP contribution in [0.25, 0.3) is 0 Å². The highest BCUT2D eigenvalue weighted by Crippen LogP contribution is 2.42. The van der Waals surface area contributed by atoms with E-state index in [9.17, 15) is 4.79 Å². The summed E-state index contributed by atoms with van der Waals surface area (Å²) in [6, 6.07) is 0. The minimum absolute atomic E-state index is 0.319. The van der Waals surface area contributed by atoms with Gasteiger partial charge in [0.1, 0.15) is 5.55 Å². The van der Waals surface area contributed by atoms with Crippen LogP contribution in [0.1, 0.15) is 0 Å². The van der Waals surface area contributed by atoms with E-state index in [1.54, 1.807) is 0 Å². The molecule has 3 N–H and O–H groups in total. The second kappa shape index (κ2) is 2.08. The largest absolute Gasteiger partial charge is 0.476 e. The molecular formula is C4H5NO4S. The van der Waals surface area contributed by atoms with Gasteiger partial charge >= 0.3 is 5.97 Å². The zero-order valence-corrected chi connectivity index (χ0v) is 5.58. The lowest BCUT2D eigenvalue weighted by molar-refractivity contribution is -0.132. The fourth-order valence-electron chi connectivity index (χ4n) is 0.465. The molecule has 5 nitrogen and oxygen atoms in total. The van der Waals surface area contributed by atoms with Gasteiger partial charge in [-0.05, 0) is 0 Å². The molecule has 10 heavy (non-hydrogen) atoms. The standard InChI is InChI=1S/C4H5NO4S/c6-4(7)3-1-10(8,9)2-5-3/h1-2,8-9H,(H,6,7). The molecule has 0 aliphatic carbocycles. The first-order chi connectivity index (χ1) is 4.51. The second-order valence-corrected chi connectivity index (χ2v) is 3.41. The van der Waals surface area contributed by atoms with Crippen LogP contribution in [0.3, 0.4) is 0 Å². The summed E-state index contributed by atoms with van der Waals surface area (Å²) in [5.41, 5.74) is 0.510. The van der Waals surface area contributed by atoms with Crippen LogP contribution in [0.5, 0.6) is 0 Å². The molecule has 1 aliphatic heterocycles. The van der Waals surface area contributed by atoms with E-state index in [2.05, 4.69) is 4.99 Å². The Morgan fingerprint density at radius 1 is 1.60 bits per heavy atom. The molecule has 0 aromatic heterocycles. The van der Waals surface area contributed by atoms with Crippen molar-refractivity contribution in [3.8, 4) is 0 Å². The molecule has 0 aromatic carbocycles. The van der Waals surface area contributed by atoms with Gasteiger partial charge < -0.3 is 5.11 Å². The van der Waals surface area contributed by atoms with E-state index in [0.717, 1.165) is 11.0 Å². The van der Waals surface area contributed by atoms with Gasteiger partial charge in [-0.15, -0.1) is 10.6 Å². The monoisotopic (exact) mass is 163 g/mol. The first kappa shape index (κ1) is 7.26. The lowest BCUT2D eigenvalue weighted by atomic mass is 10.5. The van der Waals surface area contributed by atoms with Crippen molar-refractivity contribution in [2.45, 2.75) is 0 Å². The third kappa shape index (κ3) is 1.35. The van der Waals surface area contributed by atoms with Gasteiger partial charge in [0, 0.05) is 0 Å². The van der Waals surface area contributed by atoms with Crippen LogP contribution in [0, 0.1) is 0 Å². The smallest absolute Gasteiger partial charge is 0.355 e. The van der Waals surface area contributed by atoms with E-state index < -0.39 is 16.6 Å². The number of carbonyl (C=O) groups is 1. The third-order valence-corrected chi connectivity index (χ3v) is 1.84. The Morgan fingerprint density at radius 2 is 2.20 bits per heavy atom. The molecular weight excluding hydrogens is 158 g/mol. The number of hydrogen-bond donors (Lipinski definition) is 3. The molecule has 6 heteroatoms. The Balaban J connectivity index is 2.88. The zero-order chi connectivity index (χ0) is 7.78. The minimum atomic E-state index is -2.98. The van der Waals surface area contributed by atoms with Crippen LogP contribution < -0.4 is 0 Å². The van der Waals surface area contributed by atoms with Crippen LogP contribution >= 0.6 is 10.6 Å². The van der Waals surface area contributed by atoms with E-state index in [-0.39, 0.29) is 5.70 Å². The van der Waals surface area contributed by atoms with Crippen molar-refractivity contribution in [2.75, 3.05) is 0 Å². The van der Waals surface area contributed by atoms with Crippen LogP contribution in [-0.4, -0.2) is 25.7 Å². The Labute approximate surface area is 58.1 Å². The molecule has 0 saturated carbocycles. The van der Waals surface area contributed by atoms with Crippen molar-refractivity contribution in [2.24, 2.45) is 4.99 Å². The van der Waals surface area contributed by atoms with Crippen molar-refractivity contribution >= 4 is 22.1 Å². The highest BCUT2D eigenvalue weighted by Gasteiger charge is 2.18. The molecule has 1 rings (SSSR count). The minimum Gasteiger partial charge on any atom is -0.476 e. The molecule has 0 atom stereocenters. The average Bonchev–Trinajstić information content (AvgIpc) is 2.10. The Hall–Kier alpha value is -0.850. The molecule has 0 amide bonds. The van der Waals surface area contributed by atoms with Crippen LogP contribution in [0.4, 0.5) is 0 Å². The second-order valence-electron chi connectivity index (χ2n) is 1.68. The predicted molar refractivity (Wildman–Crippen MR) is 37.1 cm³/mol. The normalized spacial score (nSPS) is 24.0. The lowest BCUT2D eigenvalue weighted by Gasteiger charge is -2.16. The fraction of sp³-hybridized carbons (Fsp3) is 0. The zero-order valence-electron chi connectivity index (χ0n) is 4.76. The van der Waals surface area contributed by atoms with Gasteiger partial charge in [0.25, 0.3) is 0 Å². The highest BCUT2D eigenvalue weighted by molar-refractivity contribution is 8.37. The molecule has 0 spiro atoms. The lowest BCUT2D eigenvalue weighted by Crippen LogP contribution is -1.95. The van der Waals surface area contributed by atoms with Crippen molar-refractivity contribution in [3.05, 3.63) is 11.1 Å². The van der Waals surface area contributed by atoms with Gasteiger partial charge in [0.05, 0.1) is 5.41 Å². The van der Waals surface area contributed by atoms with Crippen molar-refractivity contribution in [1.82, 2.24) is 0 Å². The quantitative estimate of drug-likeness (QED) is 0.530. The van der Waals surface area contributed by atoms with Crippen LogP contribution in [0.15, 0.2) is 16.1 Å². The van der Waals surface area contributed by atoms with Gasteiger partial charge in [0.15, 0.2) is 5.70 Å². The number of nitrogens with zero attached hydrogens (tertiary/aromatic N) is 1. The fourth-order valence-corrected chi connectivity index (χ4v) is 1.28. The Kier molecular flexibility index (Phi) is 1.51. The molecule has 0 radical (unpaired) electrons. The molecule has 1 heterocycles. The third-order valence-electron chi connectivity index (χ3n) is 0.851. The van der Waals surface area contributed by atoms with Crippen molar-refractivity contribution < 1.29 is 19.0 Å². The molecule has 0 fully saturated rings. The van der Waals surface area contributed by atoms with E-state index in [1.807, 2.05) is 0 Å². The van der Waals surface area contributed by atoms with Gasteiger partial charge in [-0.3, -0.25) is 9.11 Å². The number of carboxylic acid groups (broad SMARTS) is 1. The summed E-state index contributed by atoms with van der Waals surface area (Å²) in [5.74, 6) is -1.26. The summed E-state index contributed by atoms with van der Waals surface area (Å²) in [5, 5.41) is 9.08. The van der Waals surface area contributed by atoms with Gasteiger partial charge in [-0.1, -0.05) is 0 Å². The number of aliphatic carboxylic acids is 1. The summed E-state index contributed by atoms with van der Waals surface area (Å²) in [7, 11) is -2.98. The molecule has 1 aliphatic rings. The summed E-state index contributed by atoms with van der Waals surface area (Å²) < 4.78 is 17.5. The highest BCUT2D eigenvalue weighted by atomic mass is 32.3. The Bertz CT molecular complexity index is 231. The number of hydrogen-bond acceptors (Lipinski definition) is 4. The summed E-state index contributed by atoms with van der Waals surface area (Å²) in [6.45, 7) is 0. The van der Waals surface area contributed by atoms with Gasteiger partial charge in [-0.25, -0.2) is 9.79 Å².